The number of ether oxygens (including phenoxy) is 3. The fourth-order valence-corrected chi connectivity index (χ4v) is 3.71. The Kier molecular flexibility index (Phi) is 9.44. The van der Waals surface area contributed by atoms with E-state index < -0.39 is 18.4 Å². The van der Waals surface area contributed by atoms with Crippen LogP contribution in [0.25, 0.3) is 0 Å². The second-order valence-corrected chi connectivity index (χ2v) is 7.55. The Hall–Kier alpha value is -1.78. The lowest BCUT2D eigenvalue weighted by Crippen LogP contribution is -2.43. The summed E-state index contributed by atoms with van der Waals surface area (Å²) in [5.41, 5.74) is 0.916. The van der Waals surface area contributed by atoms with Gasteiger partial charge < -0.3 is 19.1 Å². The molecule has 0 saturated carbocycles. The zero-order valence-corrected chi connectivity index (χ0v) is 17.8. The first kappa shape index (κ1) is 24.5. The third-order valence-electron chi connectivity index (χ3n) is 4.62. The minimum Gasteiger partial charge on any atom is -0.469 e. The standard InChI is InChI=1S/C20H26F3NO5S/c1-27-17(25)9-7-14-6-8-15(16(13-14)30-2)24(19(26)20(21,22)23)10-12-29-18-5-3-4-11-28-18/h6,8,13,18H,3-5,7,9-12H2,1-2H3. The second-order valence-electron chi connectivity index (χ2n) is 6.70. The van der Waals surface area contributed by atoms with Crippen molar-refractivity contribution >= 4 is 29.3 Å². The van der Waals surface area contributed by atoms with E-state index in [2.05, 4.69) is 4.74 Å². The quantitative estimate of drug-likeness (QED) is 0.420. The molecular weight excluding hydrogens is 423 g/mol. The van der Waals surface area contributed by atoms with Gasteiger partial charge in [0.25, 0.3) is 0 Å². The Bertz CT molecular complexity index is 723. The van der Waals surface area contributed by atoms with Crippen molar-refractivity contribution in [1.82, 2.24) is 0 Å². The SMILES string of the molecule is COC(=O)CCc1ccc(N(CCOC2CCCCO2)C(=O)C(F)(F)F)c(SC)c1. The first-order valence-corrected chi connectivity index (χ1v) is 10.8. The maximum atomic E-state index is 13.2. The van der Waals surface area contributed by atoms with Crippen LogP contribution in [0.1, 0.15) is 31.2 Å². The number of nitrogens with zero attached hydrogens (tertiary/aromatic N) is 1. The molecule has 1 aliphatic rings. The summed E-state index contributed by atoms with van der Waals surface area (Å²) in [4.78, 5) is 24.6. The molecule has 1 amide bonds. The molecule has 30 heavy (non-hydrogen) atoms. The van der Waals surface area contributed by atoms with Crippen molar-refractivity contribution < 1.29 is 37.0 Å². The minimum absolute atomic E-state index is 0.0790. The van der Waals surface area contributed by atoms with Gasteiger partial charge in [-0.1, -0.05) is 6.07 Å². The van der Waals surface area contributed by atoms with E-state index in [0.29, 0.717) is 29.2 Å². The van der Waals surface area contributed by atoms with Crippen LogP contribution in [0, 0.1) is 0 Å². The van der Waals surface area contributed by atoms with Crippen LogP contribution in [-0.4, -0.2) is 57.5 Å². The number of thioether (sulfide) groups is 1. The average molecular weight is 449 g/mol. The number of esters is 1. The van der Waals surface area contributed by atoms with Gasteiger partial charge in [0.05, 0.1) is 19.4 Å². The highest BCUT2D eigenvalue weighted by Gasteiger charge is 2.43. The Morgan fingerprint density at radius 3 is 2.67 bits per heavy atom. The molecule has 1 atom stereocenters. The predicted octanol–water partition coefficient (Wildman–Crippen LogP) is 3.95. The maximum absolute atomic E-state index is 13.2. The third-order valence-corrected chi connectivity index (χ3v) is 5.39. The van der Waals surface area contributed by atoms with Crippen LogP contribution >= 0.6 is 11.8 Å². The predicted molar refractivity (Wildman–Crippen MR) is 107 cm³/mol. The molecule has 0 spiro atoms. The Morgan fingerprint density at radius 2 is 2.07 bits per heavy atom. The van der Waals surface area contributed by atoms with Crippen molar-refractivity contribution in [3.05, 3.63) is 23.8 Å². The lowest BCUT2D eigenvalue weighted by Gasteiger charge is -2.28. The van der Waals surface area contributed by atoms with Gasteiger partial charge in [-0.15, -0.1) is 11.8 Å². The van der Waals surface area contributed by atoms with Crippen molar-refractivity contribution in [2.75, 3.05) is 38.0 Å². The molecule has 10 heteroatoms. The van der Waals surface area contributed by atoms with E-state index in [-0.39, 0.29) is 31.2 Å². The summed E-state index contributed by atoms with van der Waals surface area (Å²) in [6.07, 6.45) is -0.677. The van der Waals surface area contributed by atoms with Gasteiger partial charge in [-0.2, -0.15) is 13.2 Å². The summed E-state index contributed by atoms with van der Waals surface area (Å²) in [5.74, 6) is -2.32. The van der Waals surface area contributed by atoms with E-state index in [1.165, 1.54) is 24.9 Å². The molecule has 168 valence electrons. The van der Waals surface area contributed by atoms with Crippen molar-refractivity contribution in [2.24, 2.45) is 0 Å². The van der Waals surface area contributed by atoms with Crippen LogP contribution in [0.2, 0.25) is 0 Å². The number of halogens is 3. The van der Waals surface area contributed by atoms with E-state index in [9.17, 15) is 22.8 Å². The summed E-state index contributed by atoms with van der Waals surface area (Å²) in [6.45, 7) is 0.219. The van der Waals surface area contributed by atoms with Crippen LogP contribution in [0.5, 0.6) is 0 Å². The number of rotatable bonds is 9. The molecule has 1 unspecified atom stereocenters. The highest BCUT2D eigenvalue weighted by atomic mass is 32.2. The summed E-state index contributed by atoms with van der Waals surface area (Å²) in [5, 5.41) is 0. The number of hydrogen-bond donors (Lipinski definition) is 0. The number of amides is 1. The van der Waals surface area contributed by atoms with Crippen molar-refractivity contribution in [1.29, 1.82) is 0 Å². The van der Waals surface area contributed by atoms with Gasteiger partial charge in [-0.3, -0.25) is 9.59 Å². The summed E-state index contributed by atoms with van der Waals surface area (Å²) in [7, 11) is 1.29. The molecular formula is C20H26F3NO5S. The Labute approximate surface area is 178 Å². The molecule has 0 aromatic heterocycles. The van der Waals surface area contributed by atoms with E-state index >= 15 is 0 Å². The lowest BCUT2D eigenvalue weighted by atomic mass is 10.1. The van der Waals surface area contributed by atoms with Gasteiger partial charge in [-0.05, 0) is 49.6 Å². The summed E-state index contributed by atoms with van der Waals surface area (Å²) < 4.78 is 55.2. The zero-order chi connectivity index (χ0) is 22.1. The van der Waals surface area contributed by atoms with Crippen LogP contribution in [0.3, 0.4) is 0 Å². The highest BCUT2D eigenvalue weighted by Crippen LogP contribution is 2.33. The van der Waals surface area contributed by atoms with Crippen LogP contribution in [-0.2, 0) is 30.2 Å². The molecule has 1 fully saturated rings. The van der Waals surface area contributed by atoms with Gasteiger partial charge in [0.2, 0.25) is 0 Å². The molecule has 1 aromatic carbocycles. The molecule has 0 N–H and O–H groups in total. The average Bonchev–Trinajstić information content (AvgIpc) is 2.74. The van der Waals surface area contributed by atoms with Crippen LogP contribution < -0.4 is 4.90 Å². The van der Waals surface area contributed by atoms with Gasteiger partial charge in [-0.25, -0.2) is 0 Å². The zero-order valence-electron chi connectivity index (χ0n) is 17.0. The molecule has 0 aliphatic carbocycles. The maximum Gasteiger partial charge on any atom is 0.471 e. The summed E-state index contributed by atoms with van der Waals surface area (Å²) in [6, 6.07) is 4.77. The molecule has 6 nitrogen and oxygen atoms in total. The first-order valence-electron chi connectivity index (χ1n) is 9.62. The molecule has 1 saturated heterocycles. The molecule has 1 heterocycles. The molecule has 0 radical (unpaired) electrons. The molecule has 1 aliphatic heterocycles. The van der Waals surface area contributed by atoms with Gasteiger partial charge in [0.15, 0.2) is 6.29 Å². The van der Waals surface area contributed by atoms with Crippen LogP contribution in [0.4, 0.5) is 18.9 Å². The van der Waals surface area contributed by atoms with Gasteiger partial charge >= 0.3 is 18.1 Å². The number of carbonyl (C=O) groups is 2. The number of carbonyl (C=O) groups excluding carboxylic acids is 2. The van der Waals surface area contributed by atoms with Gasteiger partial charge in [0, 0.05) is 24.5 Å². The van der Waals surface area contributed by atoms with E-state index in [1.807, 2.05) is 0 Å². The third kappa shape index (κ3) is 7.17. The topological polar surface area (TPSA) is 65.1 Å². The van der Waals surface area contributed by atoms with Crippen molar-refractivity contribution in [2.45, 2.75) is 49.5 Å². The van der Waals surface area contributed by atoms with Gasteiger partial charge in [0.1, 0.15) is 0 Å². The fourth-order valence-electron chi connectivity index (χ4n) is 3.05. The number of methoxy groups -OCH3 is 1. The highest BCUT2D eigenvalue weighted by molar-refractivity contribution is 7.98. The molecule has 2 rings (SSSR count). The number of hydrogen-bond acceptors (Lipinski definition) is 6. The van der Waals surface area contributed by atoms with Crippen LogP contribution in [0.15, 0.2) is 23.1 Å². The van der Waals surface area contributed by atoms with E-state index in [4.69, 9.17) is 9.47 Å². The Balaban J connectivity index is 2.16. The second kappa shape index (κ2) is 11.6. The largest absolute Gasteiger partial charge is 0.471 e. The fraction of sp³-hybridized carbons (Fsp3) is 0.600. The van der Waals surface area contributed by atoms with Crippen molar-refractivity contribution in [3.63, 3.8) is 0 Å². The monoisotopic (exact) mass is 449 g/mol. The smallest absolute Gasteiger partial charge is 0.469 e. The van der Waals surface area contributed by atoms with E-state index in [0.717, 1.165) is 18.4 Å². The number of alkyl halides is 3. The molecule has 1 aromatic rings. The first-order chi connectivity index (χ1) is 14.3. The van der Waals surface area contributed by atoms with Crippen molar-refractivity contribution in [3.8, 4) is 0 Å². The Morgan fingerprint density at radius 1 is 1.30 bits per heavy atom. The minimum atomic E-state index is -5.01. The number of anilines is 1. The molecule has 0 bridgehead atoms. The normalized spacial score (nSPS) is 16.9. The summed E-state index contributed by atoms with van der Waals surface area (Å²) >= 11 is 1.22. The number of benzene rings is 1. The number of aryl methyl sites for hydroxylation is 1. The lowest BCUT2D eigenvalue weighted by molar-refractivity contribution is -0.173. The van der Waals surface area contributed by atoms with E-state index in [1.54, 1.807) is 18.4 Å².